The Bertz CT molecular complexity index is 781. The fraction of sp³-hybridized carbons (Fsp3) is 0.444. The lowest BCUT2D eigenvalue weighted by atomic mass is 9.89. The predicted octanol–water partition coefficient (Wildman–Crippen LogP) is 3.13. The summed E-state index contributed by atoms with van der Waals surface area (Å²) in [5.41, 5.74) is 0.254. The largest absolute Gasteiger partial charge is 0.378 e. The van der Waals surface area contributed by atoms with Crippen molar-refractivity contribution >= 4 is 39.5 Å². The maximum absolute atomic E-state index is 12.7. The van der Waals surface area contributed by atoms with Crippen LogP contribution in [0.15, 0.2) is 29.0 Å². The first-order valence-corrected chi connectivity index (χ1v) is 10.4. The minimum Gasteiger partial charge on any atom is -0.378 e. The third-order valence-electron chi connectivity index (χ3n) is 4.78. The number of ether oxygens (including phenoxy) is 2. The Balaban J connectivity index is 1.41. The SMILES string of the molecule is O=C(Nc1sccc1C(=O)N[C@H]1CCO[C@@]2(CCOC2)C1)c1cccs1. The molecule has 6 nitrogen and oxygen atoms in total. The second kappa shape index (κ2) is 7.48. The van der Waals surface area contributed by atoms with Crippen LogP contribution in [0, 0.1) is 0 Å². The van der Waals surface area contributed by atoms with Crippen LogP contribution in [-0.2, 0) is 9.47 Å². The van der Waals surface area contributed by atoms with Crippen LogP contribution >= 0.6 is 22.7 Å². The van der Waals surface area contributed by atoms with Gasteiger partial charge in [-0.3, -0.25) is 9.59 Å². The van der Waals surface area contributed by atoms with Crippen LogP contribution < -0.4 is 10.6 Å². The Morgan fingerprint density at radius 3 is 2.85 bits per heavy atom. The molecule has 2 fully saturated rings. The average molecular weight is 393 g/mol. The van der Waals surface area contributed by atoms with Crippen LogP contribution in [0.1, 0.15) is 39.3 Å². The van der Waals surface area contributed by atoms with E-state index in [1.165, 1.54) is 22.7 Å². The van der Waals surface area contributed by atoms with Crippen molar-refractivity contribution in [2.75, 3.05) is 25.1 Å². The summed E-state index contributed by atoms with van der Waals surface area (Å²) < 4.78 is 11.4. The van der Waals surface area contributed by atoms with Gasteiger partial charge in [0.25, 0.3) is 11.8 Å². The molecule has 0 aromatic carbocycles. The molecule has 2 aromatic rings. The molecule has 4 heterocycles. The first-order valence-electron chi connectivity index (χ1n) is 8.60. The summed E-state index contributed by atoms with van der Waals surface area (Å²) in [5.74, 6) is -0.349. The van der Waals surface area contributed by atoms with Gasteiger partial charge in [0, 0.05) is 25.7 Å². The fourth-order valence-electron chi connectivity index (χ4n) is 3.43. The van der Waals surface area contributed by atoms with Crippen LogP contribution in [0.2, 0.25) is 0 Å². The van der Waals surface area contributed by atoms with E-state index in [4.69, 9.17) is 9.47 Å². The molecule has 0 saturated carbocycles. The molecule has 0 aliphatic carbocycles. The van der Waals surface area contributed by atoms with Crippen LogP contribution in [0.3, 0.4) is 0 Å². The molecule has 138 valence electrons. The smallest absolute Gasteiger partial charge is 0.266 e. The highest BCUT2D eigenvalue weighted by molar-refractivity contribution is 7.15. The topological polar surface area (TPSA) is 76.7 Å². The molecule has 0 bridgehead atoms. The summed E-state index contributed by atoms with van der Waals surface area (Å²) in [6.07, 6.45) is 2.42. The number of carbonyl (C=O) groups is 2. The summed E-state index contributed by atoms with van der Waals surface area (Å²) >= 11 is 2.72. The van der Waals surface area contributed by atoms with Gasteiger partial charge in [-0.1, -0.05) is 6.07 Å². The van der Waals surface area contributed by atoms with Gasteiger partial charge >= 0.3 is 0 Å². The normalized spacial score (nSPS) is 25.3. The van der Waals surface area contributed by atoms with E-state index in [2.05, 4.69) is 10.6 Å². The molecule has 2 N–H and O–H groups in total. The van der Waals surface area contributed by atoms with E-state index < -0.39 is 0 Å². The predicted molar refractivity (Wildman–Crippen MR) is 101 cm³/mol. The number of rotatable bonds is 4. The number of hydrogen-bond acceptors (Lipinski definition) is 6. The Morgan fingerprint density at radius 1 is 1.15 bits per heavy atom. The first-order chi connectivity index (χ1) is 12.7. The van der Waals surface area contributed by atoms with Crippen LogP contribution in [0.5, 0.6) is 0 Å². The van der Waals surface area contributed by atoms with Crippen molar-refractivity contribution in [3.05, 3.63) is 39.4 Å². The summed E-state index contributed by atoms with van der Waals surface area (Å²) in [6.45, 7) is 1.93. The summed E-state index contributed by atoms with van der Waals surface area (Å²) in [6, 6.07) is 5.39. The van der Waals surface area contributed by atoms with Crippen molar-refractivity contribution in [1.82, 2.24) is 5.32 Å². The van der Waals surface area contributed by atoms with Gasteiger partial charge in [0.1, 0.15) is 5.00 Å². The van der Waals surface area contributed by atoms with E-state index in [1.807, 2.05) is 16.8 Å². The van der Waals surface area contributed by atoms with Gasteiger partial charge in [0.2, 0.25) is 0 Å². The molecule has 26 heavy (non-hydrogen) atoms. The Labute approximate surface area is 159 Å². The zero-order valence-electron chi connectivity index (χ0n) is 14.2. The van der Waals surface area contributed by atoms with Crippen molar-refractivity contribution in [1.29, 1.82) is 0 Å². The van der Waals surface area contributed by atoms with Crippen molar-refractivity contribution in [3.8, 4) is 0 Å². The maximum atomic E-state index is 12.7. The van der Waals surface area contributed by atoms with Crippen molar-refractivity contribution < 1.29 is 19.1 Å². The van der Waals surface area contributed by atoms with Gasteiger partial charge < -0.3 is 20.1 Å². The molecule has 2 aliphatic heterocycles. The third-order valence-corrected chi connectivity index (χ3v) is 6.48. The highest BCUT2D eigenvalue weighted by atomic mass is 32.1. The van der Waals surface area contributed by atoms with Crippen molar-refractivity contribution in [2.45, 2.75) is 30.9 Å². The van der Waals surface area contributed by atoms with Crippen molar-refractivity contribution in [2.24, 2.45) is 0 Å². The van der Waals surface area contributed by atoms with Gasteiger partial charge in [-0.25, -0.2) is 0 Å². The molecular formula is C18H20N2O4S2. The fourth-order valence-corrected chi connectivity index (χ4v) is 4.83. The molecule has 1 spiro atoms. The van der Waals surface area contributed by atoms with Gasteiger partial charge in [0.05, 0.1) is 22.6 Å². The van der Waals surface area contributed by atoms with Crippen molar-refractivity contribution in [3.63, 3.8) is 0 Å². The highest BCUT2D eigenvalue weighted by Crippen LogP contribution is 2.33. The van der Waals surface area contributed by atoms with E-state index >= 15 is 0 Å². The molecule has 2 aliphatic rings. The van der Waals surface area contributed by atoms with Gasteiger partial charge in [-0.2, -0.15) is 0 Å². The van der Waals surface area contributed by atoms with E-state index in [-0.39, 0.29) is 23.5 Å². The number of carbonyl (C=O) groups excluding carboxylic acids is 2. The van der Waals surface area contributed by atoms with Gasteiger partial charge in [-0.05, 0) is 35.7 Å². The van der Waals surface area contributed by atoms with Crippen LogP contribution in [0.25, 0.3) is 0 Å². The van der Waals surface area contributed by atoms with Crippen LogP contribution in [-0.4, -0.2) is 43.3 Å². The number of anilines is 1. The lowest BCUT2D eigenvalue weighted by molar-refractivity contribution is -0.0880. The highest BCUT2D eigenvalue weighted by Gasteiger charge is 2.41. The second-order valence-corrected chi connectivity index (χ2v) is 8.46. The third kappa shape index (κ3) is 3.68. The van der Waals surface area contributed by atoms with E-state index in [9.17, 15) is 9.59 Å². The van der Waals surface area contributed by atoms with Gasteiger partial charge in [0.15, 0.2) is 0 Å². The molecule has 2 amide bonds. The molecule has 8 heteroatoms. The van der Waals surface area contributed by atoms with E-state index in [0.717, 1.165) is 19.3 Å². The first kappa shape index (κ1) is 17.7. The number of thiophene rings is 2. The molecular weight excluding hydrogens is 372 g/mol. The zero-order valence-corrected chi connectivity index (χ0v) is 15.8. The monoisotopic (exact) mass is 392 g/mol. The minimum absolute atomic E-state index is 0.0543. The average Bonchev–Trinajstić information content (AvgIpc) is 3.36. The Hall–Kier alpha value is -1.74. The second-order valence-electron chi connectivity index (χ2n) is 6.59. The lowest BCUT2D eigenvalue weighted by Crippen LogP contribution is -2.49. The standard InChI is InChI=1S/C18H20N2O4S2/c21-15(19-12-3-6-24-18(10-12)5-7-23-11-18)13-4-9-26-17(13)20-16(22)14-2-1-8-25-14/h1-2,4,8-9,12H,3,5-7,10-11H2,(H,19,21)(H,20,22)/t12-,18-/m0/s1. The van der Waals surface area contributed by atoms with E-state index in [1.54, 1.807) is 12.1 Å². The Kier molecular flexibility index (Phi) is 5.08. The molecule has 2 saturated heterocycles. The van der Waals surface area contributed by atoms with E-state index in [0.29, 0.717) is 35.3 Å². The van der Waals surface area contributed by atoms with Gasteiger partial charge in [-0.15, -0.1) is 22.7 Å². The minimum atomic E-state index is -0.249. The van der Waals surface area contributed by atoms with Crippen LogP contribution in [0.4, 0.5) is 5.00 Å². The lowest BCUT2D eigenvalue weighted by Gasteiger charge is -2.37. The summed E-state index contributed by atoms with van der Waals surface area (Å²) in [4.78, 5) is 25.6. The Morgan fingerprint density at radius 2 is 2.08 bits per heavy atom. The molecule has 2 atom stereocenters. The number of hydrogen-bond donors (Lipinski definition) is 2. The quantitative estimate of drug-likeness (QED) is 0.838. The molecule has 4 rings (SSSR count). The zero-order chi connectivity index (χ0) is 18.0. The summed E-state index contributed by atoms with van der Waals surface area (Å²) in [5, 5.41) is 10.2. The summed E-state index contributed by atoms with van der Waals surface area (Å²) in [7, 11) is 0. The maximum Gasteiger partial charge on any atom is 0.266 e. The molecule has 2 aromatic heterocycles. The number of nitrogens with one attached hydrogen (secondary N) is 2. The number of amides is 2. The molecule has 0 radical (unpaired) electrons. The molecule has 0 unspecified atom stereocenters.